The third kappa shape index (κ3) is 6.95. The summed E-state index contributed by atoms with van der Waals surface area (Å²) < 4.78 is 45.3. The number of unbranched alkanes of at least 4 members (excludes halogenated alkanes) is 1. The van der Waals surface area contributed by atoms with Crippen molar-refractivity contribution in [1.82, 2.24) is 14.7 Å². The number of amides is 1. The number of alkyl halides is 3. The van der Waals surface area contributed by atoms with Crippen LogP contribution in [0.5, 0.6) is 0 Å². The molecule has 1 fully saturated rings. The monoisotopic (exact) mass is 543 g/mol. The van der Waals surface area contributed by atoms with Crippen LogP contribution in [0.4, 0.5) is 18.9 Å². The van der Waals surface area contributed by atoms with Gasteiger partial charge in [0, 0.05) is 23.7 Å². The van der Waals surface area contributed by atoms with Crippen LogP contribution in [-0.2, 0) is 10.9 Å². The van der Waals surface area contributed by atoms with Crippen molar-refractivity contribution in [3.05, 3.63) is 71.0 Å². The Morgan fingerprint density at radius 1 is 1.16 bits per heavy atom. The van der Waals surface area contributed by atoms with Gasteiger partial charge in [0.1, 0.15) is 6.07 Å². The van der Waals surface area contributed by atoms with Crippen molar-refractivity contribution in [3.8, 4) is 11.8 Å². The zero-order valence-electron chi connectivity index (χ0n) is 20.9. The van der Waals surface area contributed by atoms with Crippen molar-refractivity contribution in [3.63, 3.8) is 0 Å². The second kappa shape index (κ2) is 12.5. The minimum absolute atomic E-state index is 0.280. The van der Waals surface area contributed by atoms with E-state index in [9.17, 15) is 23.2 Å². The molecule has 2 aromatic carbocycles. The molecule has 0 bridgehead atoms. The molecule has 0 aliphatic carbocycles. The van der Waals surface area contributed by atoms with Gasteiger partial charge in [-0.15, -0.1) is 11.8 Å². The quantitative estimate of drug-likeness (QED) is 0.282. The van der Waals surface area contributed by atoms with Crippen molar-refractivity contribution in [2.45, 2.75) is 30.8 Å². The first-order valence-electron chi connectivity index (χ1n) is 12.3. The lowest BCUT2D eigenvalue weighted by Crippen LogP contribution is -2.36. The number of thioether (sulfide) groups is 1. The Morgan fingerprint density at radius 3 is 2.58 bits per heavy atom. The molecule has 11 heteroatoms. The molecule has 1 aliphatic heterocycles. The number of nitrogens with zero attached hydrogens (tertiary/aromatic N) is 4. The molecule has 4 rings (SSSR count). The highest BCUT2D eigenvalue weighted by atomic mass is 32.2. The van der Waals surface area contributed by atoms with Crippen LogP contribution < -0.4 is 5.32 Å². The lowest BCUT2D eigenvalue weighted by atomic mass is 10.2. The minimum Gasteiger partial charge on any atom is -0.379 e. The molecular formula is C27H28F3N5O2S. The summed E-state index contributed by atoms with van der Waals surface area (Å²) in [5.74, 6) is 0.473. The number of nitriles is 1. The van der Waals surface area contributed by atoms with Gasteiger partial charge in [-0.05, 0) is 74.5 Å². The van der Waals surface area contributed by atoms with Crippen molar-refractivity contribution >= 4 is 23.4 Å². The summed E-state index contributed by atoms with van der Waals surface area (Å²) in [5.41, 5.74) is 1.37. The van der Waals surface area contributed by atoms with Crippen LogP contribution >= 0.6 is 11.8 Å². The van der Waals surface area contributed by atoms with Crippen molar-refractivity contribution < 1.29 is 22.7 Å². The molecule has 7 nitrogen and oxygen atoms in total. The molecule has 0 unspecified atom stereocenters. The van der Waals surface area contributed by atoms with Gasteiger partial charge in [-0.3, -0.25) is 9.69 Å². The molecule has 38 heavy (non-hydrogen) atoms. The topological polar surface area (TPSA) is 83.2 Å². The van der Waals surface area contributed by atoms with Crippen LogP contribution in [0.25, 0.3) is 5.69 Å². The fourth-order valence-corrected chi connectivity index (χ4v) is 5.14. The summed E-state index contributed by atoms with van der Waals surface area (Å²) in [4.78, 5) is 16.2. The number of halogens is 3. The number of anilines is 1. The predicted molar refractivity (Wildman–Crippen MR) is 140 cm³/mol. The molecule has 200 valence electrons. The van der Waals surface area contributed by atoms with Gasteiger partial charge in [0.15, 0.2) is 0 Å². The molecule has 0 radical (unpaired) electrons. The first-order valence-corrected chi connectivity index (χ1v) is 13.3. The van der Waals surface area contributed by atoms with E-state index in [1.807, 2.05) is 6.07 Å². The summed E-state index contributed by atoms with van der Waals surface area (Å²) in [6.45, 7) is 6.27. The van der Waals surface area contributed by atoms with Crippen LogP contribution in [0.2, 0.25) is 0 Å². The molecule has 0 atom stereocenters. The molecule has 0 saturated carbocycles. The number of morpholine rings is 1. The Kier molecular flexibility index (Phi) is 9.09. The molecule has 1 N–H and O–H groups in total. The molecule has 3 aromatic rings. The maximum absolute atomic E-state index is 12.9. The van der Waals surface area contributed by atoms with E-state index in [1.165, 1.54) is 23.0 Å². The van der Waals surface area contributed by atoms with Crippen LogP contribution in [0.3, 0.4) is 0 Å². The summed E-state index contributed by atoms with van der Waals surface area (Å²) in [6, 6.07) is 12.0. The van der Waals surface area contributed by atoms with Crippen LogP contribution in [0.1, 0.15) is 40.0 Å². The average Bonchev–Trinajstić information content (AvgIpc) is 3.30. The Hall–Kier alpha value is -3.33. The van der Waals surface area contributed by atoms with E-state index in [0.717, 1.165) is 68.5 Å². The third-order valence-electron chi connectivity index (χ3n) is 6.28. The van der Waals surface area contributed by atoms with Crippen molar-refractivity contribution in [2.24, 2.45) is 0 Å². The number of aromatic nitrogens is 2. The van der Waals surface area contributed by atoms with E-state index < -0.39 is 17.6 Å². The highest BCUT2D eigenvalue weighted by molar-refractivity contribution is 7.99. The Labute approximate surface area is 223 Å². The normalized spacial score (nSPS) is 14.3. The lowest BCUT2D eigenvalue weighted by Gasteiger charge is -2.26. The van der Waals surface area contributed by atoms with Gasteiger partial charge in [0.25, 0.3) is 5.91 Å². The molecular weight excluding hydrogens is 515 g/mol. The number of ether oxygens (including phenoxy) is 1. The first-order chi connectivity index (χ1) is 18.3. The lowest BCUT2D eigenvalue weighted by molar-refractivity contribution is -0.137. The fourth-order valence-electron chi connectivity index (χ4n) is 4.15. The van der Waals surface area contributed by atoms with Crippen LogP contribution in [0.15, 0.2) is 53.6 Å². The molecule has 1 saturated heterocycles. The SMILES string of the molecule is Cc1c(C(=O)Nc2ccc(SCCCCN3CCOCC3)c(C#N)c2)cnn1-c1ccc(C(F)(F)F)cc1. The molecule has 1 aromatic heterocycles. The van der Waals surface area contributed by atoms with Crippen LogP contribution in [-0.4, -0.2) is 59.2 Å². The van der Waals surface area contributed by atoms with E-state index in [4.69, 9.17) is 4.74 Å². The standard InChI is InChI=1S/C27H28F3N5O2S/c1-19-24(18-32-35(19)23-7-4-21(5-8-23)27(28,29)30)26(36)33-22-6-9-25(20(16-22)17-31)38-15-3-2-10-34-11-13-37-14-12-34/h4-9,16,18H,2-3,10-15H2,1H3,(H,33,36). The van der Waals surface area contributed by atoms with Gasteiger partial charge in [0.2, 0.25) is 0 Å². The van der Waals surface area contributed by atoms with Gasteiger partial charge >= 0.3 is 6.18 Å². The van der Waals surface area contributed by atoms with E-state index in [0.29, 0.717) is 22.6 Å². The van der Waals surface area contributed by atoms with Crippen molar-refractivity contribution in [1.29, 1.82) is 5.26 Å². The summed E-state index contributed by atoms with van der Waals surface area (Å²) in [6.07, 6.45) is -0.938. The van der Waals surface area contributed by atoms with Gasteiger partial charge in [-0.25, -0.2) is 4.68 Å². The maximum atomic E-state index is 12.9. The largest absolute Gasteiger partial charge is 0.416 e. The zero-order valence-corrected chi connectivity index (χ0v) is 21.7. The number of nitrogens with one attached hydrogen (secondary N) is 1. The number of carbonyl (C=O) groups is 1. The van der Waals surface area contributed by atoms with E-state index >= 15 is 0 Å². The number of carbonyl (C=O) groups excluding carboxylic acids is 1. The Balaban J connectivity index is 1.34. The Morgan fingerprint density at radius 2 is 1.89 bits per heavy atom. The maximum Gasteiger partial charge on any atom is 0.416 e. The van der Waals surface area contributed by atoms with Gasteiger partial charge in [-0.2, -0.15) is 23.5 Å². The van der Waals surface area contributed by atoms with Crippen LogP contribution in [0, 0.1) is 18.3 Å². The fraction of sp³-hybridized carbons (Fsp3) is 0.370. The third-order valence-corrected chi connectivity index (χ3v) is 7.44. The number of rotatable bonds is 9. The molecule has 0 spiro atoms. The average molecular weight is 544 g/mol. The number of hydrogen-bond donors (Lipinski definition) is 1. The molecule has 1 aliphatic rings. The second-order valence-electron chi connectivity index (χ2n) is 8.89. The first kappa shape index (κ1) is 27.7. The number of hydrogen-bond acceptors (Lipinski definition) is 6. The summed E-state index contributed by atoms with van der Waals surface area (Å²) in [5, 5.41) is 16.6. The van der Waals surface area contributed by atoms with Gasteiger partial charge in [0.05, 0.1) is 47.5 Å². The molecule has 2 heterocycles. The van der Waals surface area contributed by atoms with Gasteiger partial charge in [-0.1, -0.05) is 0 Å². The van der Waals surface area contributed by atoms with E-state index in [1.54, 1.807) is 30.8 Å². The highest BCUT2D eigenvalue weighted by Gasteiger charge is 2.30. The smallest absolute Gasteiger partial charge is 0.379 e. The Bertz CT molecular complexity index is 1300. The second-order valence-corrected chi connectivity index (χ2v) is 10.0. The molecule has 1 amide bonds. The summed E-state index contributed by atoms with van der Waals surface area (Å²) >= 11 is 1.63. The number of benzene rings is 2. The van der Waals surface area contributed by atoms with E-state index in [2.05, 4.69) is 21.4 Å². The minimum atomic E-state index is -4.43. The zero-order chi connectivity index (χ0) is 27.1. The van der Waals surface area contributed by atoms with E-state index in [-0.39, 0.29) is 5.56 Å². The summed E-state index contributed by atoms with van der Waals surface area (Å²) in [7, 11) is 0. The highest BCUT2D eigenvalue weighted by Crippen LogP contribution is 2.30. The van der Waals surface area contributed by atoms with Gasteiger partial charge < -0.3 is 10.1 Å². The predicted octanol–water partition coefficient (Wildman–Crippen LogP) is 5.53. The van der Waals surface area contributed by atoms with Crippen molar-refractivity contribution in [2.75, 3.05) is 43.9 Å².